The monoisotopic (exact) mass is 408 g/mol. The van der Waals surface area contributed by atoms with Crippen LogP contribution in [-0.2, 0) is 21.9 Å². The first kappa shape index (κ1) is 19.6. The molecule has 7 nitrogen and oxygen atoms in total. The van der Waals surface area contributed by atoms with Gasteiger partial charge in [-0.25, -0.2) is 13.4 Å². The minimum Gasteiger partial charge on any atom is -0.339 e. The topological polar surface area (TPSA) is 75.5 Å². The van der Waals surface area contributed by atoms with Gasteiger partial charge in [-0.05, 0) is 24.1 Å². The van der Waals surface area contributed by atoms with E-state index in [2.05, 4.69) is 4.98 Å². The Kier molecular flexibility index (Phi) is 5.98. The zero-order chi connectivity index (χ0) is 19.4. The average molecular weight is 409 g/mol. The smallest absolute Gasteiger partial charge is 0.262 e. The van der Waals surface area contributed by atoms with Crippen LogP contribution < -0.4 is 0 Å². The van der Waals surface area contributed by atoms with E-state index < -0.39 is 10.0 Å². The van der Waals surface area contributed by atoms with E-state index in [0.29, 0.717) is 31.1 Å². The first-order valence-corrected chi connectivity index (χ1v) is 10.4. The van der Waals surface area contributed by atoms with E-state index in [1.807, 2.05) is 18.2 Å². The third-order valence-corrected chi connectivity index (χ3v) is 6.49. The van der Waals surface area contributed by atoms with Crippen molar-refractivity contribution in [3.05, 3.63) is 53.5 Å². The predicted molar refractivity (Wildman–Crippen MR) is 104 cm³/mol. The van der Waals surface area contributed by atoms with Crippen molar-refractivity contribution in [2.45, 2.75) is 11.4 Å². The molecular weight excluding hydrogens is 388 g/mol. The Hall–Kier alpha value is -2.16. The second kappa shape index (κ2) is 8.24. The number of carbonyl (C=O) groups excluding carboxylic acids is 1. The molecular formula is C18H21ClN4O3S. The van der Waals surface area contributed by atoms with Crippen molar-refractivity contribution < 1.29 is 13.2 Å². The molecule has 144 valence electrons. The van der Waals surface area contributed by atoms with Gasteiger partial charge in [0.15, 0.2) is 5.03 Å². The summed E-state index contributed by atoms with van der Waals surface area (Å²) in [6, 6.07) is 7.27. The van der Waals surface area contributed by atoms with Gasteiger partial charge in [-0.3, -0.25) is 4.79 Å². The van der Waals surface area contributed by atoms with Crippen molar-refractivity contribution in [3.63, 3.8) is 0 Å². The van der Waals surface area contributed by atoms with Gasteiger partial charge in [-0.15, -0.1) is 0 Å². The number of hydrogen-bond acceptors (Lipinski definition) is 4. The summed E-state index contributed by atoms with van der Waals surface area (Å²) in [4.78, 5) is 18.1. The fraction of sp³-hybridized carbons (Fsp3) is 0.333. The Balaban J connectivity index is 1.66. The third-order valence-electron chi connectivity index (χ3n) is 4.36. The molecule has 1 saturated heterocycles. The summed E-state index contributed by atoms with van der Waals surface area (Å²) in [6.07, 6.45) is 6.66. The van der Waals surface area contributed by atoms with Crippen LogP contribution in [0.5, 0.6) is 0 Å². The molecule has 0 N–H and O–H groups in total. The zero-order valence-corrected chi connectivity index (χ0v) is 16.5. The van der Waals surface area contributed by atoms with Crippen molar-refractivity contribution in [2.75, 3.05) is 26.2 Å². The Labute approximate surface area is 163 Å². The number of halogens is 1. The van der Waals surface area contributed by atoms with E-state index in [1.165, 1.54) is 22.9 Å². The number of hydrogen-bond donors (Lipinski definition) is 0. The van der Waals surface area contributed by atoms with Crippen molar-refractivity contribution in [3.8, 4) is 0 Å². The van der Waals surface area contributed by atoms with E-state index in [-0.39, 0.29) is 17.5 Å². The maximum atomic E-state index is 12.7. The lowest BCUT2D eigenvalue weighted by atomic mass is 10.2. The Morgan fingerprint density at radius 1 is 1.19 bits per heavy atom. The van der Waals surface area contributed by atoms with E-state index in [1.54, 1.807) is 28.7 Å². The summed E-state index contributed by atoms with van der Waals surface area (Å²) in [6.45, 7) is 1.43. The van der Waals surface area contributed by atoms with Gasteiger partial charge < -0.3 is 9.47 Å². The van der Waals surface area contributed by atoms with Crippen molar-refractivity contribution in [1.29, 1.82) is 0 Å². The summed E-state index contributed by atoms with van der Waals surface area (Å²) < 4.78 is 28.4. The first-order valence-electron chi connectivity index (χ1n) is 8.57. The molecule has 1 aliphatic rings. The third kappa shape index (κ3) is 4.58. The highest BCUT2D eigenvalue weighted by molar-refractivity contribution is 7.89. The number of aryl methyl sites for hydroxylation is 1. The lowest BCUT2D eigenvalue weighted by Gasteiger charge is -2.20. The molecule has 0 spiro atoms. The number of amides is 1. The van der Waals surface area contributed by atoms with Gasteiger partial charge in [0.25, 0.3) is 10.0 Å². The Morgan fingerprint density at radius 3 is 2.67 bits per heavy atom. The zero-order valence-electron chi connectivity index (χ0n) is 15.0. The van der Waals surface area contributed by atoms with Crippen LogP contribution in [0.15, 0.2) is 47.9 Å². The minimum atomic E-state index is -3.65. The largest absolute Gasteiger partial charge is 0.339 e. The van der Waals surface area contributed by atoms with Crippen LogP contribution in [0.2, 0.25) is 5.02 Å². The van der Waals surface area contributed by atoms with E-state index in [9.17, 15) is 13.2 Å². The van der Waals surface area contributed by atoms with Crippen LogP contribution in [-0.4, -0.2) is 59.3 Å². The van der Waals surface area contributed by atoms with Crippen molar-refractivity contribution >= 4 is 33.6 Å². The minimum absolute atomic E-state index is 0.0309. The van der Waals surface area contributed by atoms with E-state index >= 15 is 0 Å². The molecule has 0 radical (unpaired) electrons. The van der Waals surface area contributed by atoms with Crippen LogP contribution in [0.25, 0.3) is 6.08 Å². The summed E-state index contributed by atoms with van der Waals surface area (Å²) in [7, 11) is -1.92. The van der Waals surface area contributed by atoms with Crippen LogP contribution in [0.1, 0.15) is 12.0 Å². The molecule has 2 heterocycles. The lowest BCUT2D eigenvalue weighted by molar-refractivity contribution is -0.125. The normalized spacial score (nSPS) is 16.6. The van der Waals surface area contributed by atoms with Gasteiger partial charge in [-0.1, -0.05) is 29.8 Å². The summed E-state index contributed by atoms with van der Waals surface area (Å²) in [5.74, 6) is -0.160. The molecule has 0 bridgehead atoms. The summed E-state index contributed by atoms with van der Waals surface area (Å²) >= 11 is 6.09. The molecule has 1 aromatic carbocycles. The molecule has 27 heavy (non-hydrogen) atoms. The standard InChI is InChI=1S/C18H21ClN4O3S/c1-21-13-17(20-14-21)27(25,26)23-10-4-9-22(11-12-23)18(24)8-7-15-5-2-3-6-16(15)19/h2-3,5-8,13-14H,4,9-12H2,1H3/b8-7+. The number of aromatic nitrogens is 2. The molecule has 0 atom stereocenters. The number of imidazole rings is 1. The second-order valence-corrected chi connectivity index (χ2v) is 8.61. The summed E-state index contributed by atoms with van der Waals surface area (Å²) in [5.41, 5.74) is 0.765. The van der Waals surface area contributed by atoms with E-state index in [4.69, 9.17) is 11.6 Å². The number of sulfonamides is 1. The van der Waals surface area contributed by atoms with Crippen molar-refractivity contribution in [1.82, 2.24) is 18.8 Å². The highest BCUT2D eigenvalue weighted by Gasteiger charge is 2.29. The fourth-order valence-electron chi connectivity index (χ4n) is 2.89. The van der Waals surface area contributed by atoms with Crippen LogP contribution in [0, 0.1) is 0 Å². The molecule has 1 aromatic heterocycles. The van der Waals surface area contributed by atoms with Gasteiger partial charge >= 0.3 is 0 Å². The number of rotatable bonds is 4. The van der Waals surface area contributed by atoms with Crippen LogP contribution in [0.3, 0.4) is 0 Å². The molecule has 2 aromatic rings. The summed E-state index contributed by atoms with van der Waals surface area (Å²) in [5, 5.41) is 0.605. The maximum Gasteiger partial charge on any atom is 0.262 e. The molecule has 1 fully saturated rings. The second-order valence-electron chi connectivity index (χ2n) is 6.32. The fourth-order valence-corrected chi connectivity index (χ4v) is 4.52. The van der Waals surface area contributed by atoms with Gasteiger partial charge in [0.1, 0.15) is 0 Å². The molecule has 1 aliphatic heterocycles. The Bertz CT molecular complexity index is 955. The van der Waals surface area contributed by atoms with E-state index in [0.717, 1.165) is 5.56 Å². The highest BCUT2D eigenvalue weighted by Crippen LogP contribution is 2.18. The lowest BCUT2D eigenvalue weighted by Crippen LogP contribution is -2.36. The van der Waals surface area contributed by atoms with Crippen LogP contribution in [0.4, 0.5) is 0 Å². The quantitative estimate of drug-likeness (QED) is 0.725. The molecule has 0 saturated carbocycles. The van der Waals surface area contributed by atoms with Crippen molar-refractivity contribution in [2.24, 2.45) is 7.05 Å². The maximum absolute atomic E-state index is 12.7. The van der Waals surface area contributed by atoms with Crippen LogP contribution >= 0.6 is 11.6 Å². The Morgan fingerprint density at radius 2 is 1.96 bits per heavy atom. The average Bonchev–Trinajstić information content (AvgIpc) is 2.93. The first-order chi connectivity index (χ1) is 12.9. The number of nitrogens with zero attached hydrogens (tertiary/aromatic N) is 4. The predicted octanol–water partition coefficient (Wildman–Crippen LogP) is 2.01. The number of carbonyl (C=O) groups is 1. The molecule has 3 rings (SSSR count). The van der Waals surface area contributed by atoms with Gasteiger partial charge in [0, 0.05) is 50.5 Å². The SMILES string of the molecule is Cn1cnc(S(=O)(=O)N2CCCN(C(=O)/C=C/c3ccccc3Cl)CC2)c1. The van der Waals surface area contributed by atoms with Gasteiger partial charge in [0.05, 0.1) is 6.33 Å². The molecule has 0 unspecified atom stereocenters. The molecule has 1 amide bonds. The van der Waals surface area contributed by atoms with Gasteiger partial charge in [-0.2, -0.15) is 4.31 Å². The number of benzene rings is 1. The highest BCUT2D eigenvalue weighted by atomic mass is 35.5. The molecule has 9 heteroatoms. The molecule has 0 aliphatic carbocycles. The van der Waals surface area contributed by atoms with Gasteiger partial charge in [0.2, 0.25) is 5.91 Å².